The maximum absolute atomic E-state index is 13.0. The Kier molecular flexibility index (Phi) is 3.94. The molecule has 0 saturated heterocycles. The fourth-order valence-electron chi connectivity index (χ4n) is 2.69. The van der Waals surface area contributed by atoms with E-state index in [4.69, 9.17) is 5.90 Å². The number of carbonyl (C=O) groups excluding carboxylic acids is 2. The summed E-state index contributed by atoms with van der Waals surface area (Å²) in [6.45, 7) is 2.33. The quantitative estimate of drug-likeness (QED) is 0.804. The Morgan fingerprint density at radius 2 is 2.12 bits per heavy atom. The van der Waals surface area contributed by atoms with Crippen LogP contribution in [0.15, 0.2) is 24.3 Å². The SMILES string of the molecule is CC1Cn2nc(C(=O)ON)c(O)c2C(=O)N1Cc1ccc(F)cc1. The fourth-order valence-corrected chi connectivity index (χ4v) is 2.69. The predicted octanol–water partition coefficient (Wildman–Crippen LogP) is 0.803. The van der Waals surface area contributed by atoms with E-state index in [9.17, 15) is 19.1 Å². The molecule has 0 saturated carbocycles. The molecule has 3 rings (SSSR count). The standard InChI is InChI=1S/C15H15FN4O4/c1-8-6-20-12(13(21)11(18-20)15(23)24-17)14(22)19(8)7-9-2-4-10(16)5-3-9/h2-5,8,21H,6-7,17H2,1H3. The highest BCUT2D eigenvalue weighted by Gasteiger charge is 2.37. The number of aromatic hydroxyl groups is 1. The summed E-state index contributed by atoms with van der Waals surface area (Å²) < 4.78 is 14.3. The molecule has 24 heavy (non-hydrogen) atoms. The van der Waals surface area contributed by atoms with Crippen molar-refractivity contribution in [2.75, 3.05) is 0 Å². The van der Waals surface area contributed by atoms with Crippen LogP contribution in [0.1, 0.15) is 33.5 Å². The second-order valence-corrected chi connectivity index (χ2v) is 5.54. The molecule has 2 heterocycles. The van der Waals surface area contributed by atoms with Gasteiger partial charge < -0.3 is 14.8 Å². The highest BCUT2D eigenvalue weighted by Crippen LogP contribution is 2.29. The summed E-state index contributed by atoms with van der Waals surface area (Å²) in [5.41, 5.74) is 0.234. The molecule has 3 N–H and O–H groups in total. The van der Waals surface area contributed by atoms with E-state index in [1.807, 2.05) is 6.92 Å². The molecule has 0 radical (unpaired) electrons. The number of fused-ring (bicyclic) bond motifs is 1. The number of nitrogens with two attached hydrogens (primary N) is 1. The molecule has 8 nitrogen and oxygen atoms in total. The van der Waals surface area contributed by atoms with Crippen molar-refractivity contribution in [3.63, 3.8) is 0 Å². The van der Waals surface area contributed by atoms with Crippen molar-refractivity contribution in [1.82, 2.24) is 14.7 Å². The van der Waals surface area contributed by atoms with Gasteiger partial charge in [0, 0.05) is 12.6 Å². The average Bonchev–Trinajstić information content (AvgIpc) is 2.89. The van der Waals surface area contributed by atoms with Gasteiger partial charge in [0.1, 0.15) is 5.82 Å². The number of amides is 1. The lowest BCUT2D eigenvalue weighted by atomic mass is 10.1. The minimum atomic E-state index is -1.03. The average molecular weight is 334 g/mol. The first-order valence-corrected chi connectivity index (χ1v) is 7.18. The second kappa shape index (κ2) is 5.93. The zero-order valence-corrected chi connectivity index (χ0v) is 12.8. The Morgan fingerprint density at radius 3 is 2.75 bits per heavy atom. The Labute approximate surface area is 136 Å². The number of carbonyl (C=O) groups is 2. The molecule has 1 atom stereocenters. The van der Waals surface area contributed by atoms with Gasteiger partial charge in [0.2, 0.25) is 5.69 Å². The minimum absolute atomic E-state index is 0.101. The van der Waals surface area contributed by atoms with Gasteiger partial charge in [0.25, 0.3) is 5.91 Å². The van der Waals surface area contributed by atoms with Crippen molar-refractivity contribution in [2.24, 2.45) is 5.90 Å². The van der Waals surface area contributed by atoms with Crippen molar-refractivity contribution in [3.8, 4) is 5.75 Å². The molecule has 0 fully saturated rings. The Morgan fingerprint density at radius 1 is 1.46 bits per heavy atom. The van der Waals surface area contributed by atoms with Crippen LogP contribution in [0.4, 0.5) is 4.39 Å². The molecule has 1 aliphatic rings. The third-order valence-corrected chi connectivity index (χ3v) is 3.93. The summed E-state index contributed by atoms with van der Waals surface area (Å²) in [7, 11) is 0. The van der Waals surface area contributed by atoms with Crippen molar-refractivity contribution in [2.45, 2.75) is 26.1 Å². The summed E-state index contributed by atoms with van der Waals surface area (Å²) in [6, 6.07) is 5.55. The molecule has 0 aliphatic carbocycles. The molecule has 0 spiro atoms. The van der Waals surface area contributed by atoms with Gasteiger partial charge in [0.05, 0.1) is 6.54 Å². The lowest BCUT2D eigenvalue weighted by Gasteiger charge is -2.33. The van der Waals surface area contributed by atoms with E-state index in [0.29, 0.717) is 0 Å². The molecule has 1 amide bonds. The molecular weight excluding hydrogens is 319 g/mol. The Balaban J connectivity index is 1.93. The molecule has 1 aliphatic heterocycles. The largest absolute Gasteiger partial charge is 0.503 e. The van der Waals surface area contributed by atoms with Crippen LogP contribution in [0.5, 0.6) is 5.75 Å². The Hall–Kier alpha value is -2.94. The van der Waals surface area contributed by atoms with Crippen molar-refractivity contribution in [3.05, 3.63) is 47.0 Å². The Bertz CT molecular complexity index is 803. The number of benzene rings is 1. The molecule has 2 aromatic rings. The maximum atomic E-state index is 13.0. The summed E-state index contributed by atoms with van der Waals surface area (Å²) >= 11 is 0. The van der Waals surface area contributed by atoms with Gasteiger partial charge in [-0.05, 0) is 24.6 Å². The normalized spacial score (nSPS) is 16.9. The first-order chi connectivity index (χ1) is 11.4. The number of rotatable bonds is 3. The van der Waals surface area contributed by atoms with E-state index in [2.05, 4.69) is 9.94 Å². The van der Waals surface area contributed by atoms with Gasteiger partial charge in [0.15, 0.2) is 11.4 Å². The summed E-state index contributed by atoms with van der Waals surface area (Å²) in [6.07, 6.45) is 0. The van der Waals surface area contributed by atoms with E-state index >= 15 is 0 Å². The third kappa shape index (κ3) is 2.58. The predicted molar refractivity (Wildman–Crippen MR) is 79.2 cm³/mol. The molecule has 1 aromatic heterocycles. The highest BCUT2D eigenvalue weighted by atomic mass is 19.1. The lowest BCUT2D eigenvalue weighted by molar-refractivity contribution is 0.0489. The molecule has 0 bridgehead atoms. The van der Waals surface area contributed by atoms with Gasteiger partial charge in [-0.2, -0.15) is 11.0 Å². The van der Waals surface area contributed by atoms with Crippen LogP contribution < -0.4 is 5.90 Å². The molecule has 1 aromatic carbocycles. The van der Waals surface area contributed by atoms with Crippen LogP contribution in [0, 0.1) is 5.82 Å². The van der Waals surface area contributed by atoms with Crippen molar-refractivity contribution in [1.29, 1.82) is 0 Å². The summed E-state index contributed by atoms with van der Waals surface area (Å²) in [5.74, 6) is 2.36. The zero-order chi connectivity index (χ0) is 17.4. The van der Waals surface area contributed by atoms with E-state index in [-0.39, 0.29) is 30.6 Å². The molecule has 9 heteroatoms. The highest BCUT2D eigenvalue weighted by molar-refractivity contribution is 6.00. The number of aromatic nitrogens is 2. The number of nitrogens with zero attached hydrogens (tertiary/aromatic N) is 3. The van der Waals surface area contributed by atoms with E-state index < -0.39 is 23.3 Å². The zero-order valence-electron chi connectivity index (χ0n) is 12.8. The number of hydrogen-bond acceptors (Lipinski definition) is 6. The summed E-state index contributed by atoms with van der Waals surface area (Å²) in [5, 5.41) is 14.0. The topological polar surface area (TPSA) is 111 Å². The third-order valence-electron chi connectivity index (χ3n) is 3.93. The van der Waals surface area contributed by atoms with Crippen LogP contribution >= 0.6 is 0 Å². The number of halogens is 1. The molecule has 126 valence electrons. The van der Waals surface area contributed by atoms with E-state index in [1.54, 1.807) is 12.1 Å². The minimum Gasteiger partial charge on any atom is -0.503 e. The molecule has 1 unspecified atom stereocenters. The first-order valence-electron chi connectivity index (χ1n) is 7.18. The summed E-state index contributed by atoms with van der Waals surface area (Å²) in [4.78, 5) is 29.8. The first kappa shape index (κ1) is 15.9. The number of hydrogen-bond donors (Lipinski definition) is 2. The van der Waals surface area contributed by atoms with Crippen LogP contribution in [0.3, 0.4) is 0 Å². The van der Waals surface area contributed by atoms with Crippen LogP contribution in [-0.2, 0) is 17.9 Å². The van der Waals surface area contributed by atoms with Crippen LogP contribution in [-0.4, -0.2) is 37.7 Å². The van der Waals surface area contributed by atoms with E-state index in [0.717, 1.165) is 5.56 Å². The second-order valence-electron chi connectivity index (χ2n) is 5.54. The van der Waals surface area contributed by atoms with Gasteiger partial charge in [-0.3, -0.25) is 9.48 Å². The smallest absolute Gasteiger partial charge is 0.381 e. The van der Waals surface area contributed by atoms with Gasteiger partial charge in [-0.25, -0.2) is 9.18 Å². The van der Waals surface area contributed by atoms with Crippen molar-refractivity contribution >= 4 is 11.9 Å². The van der Waals surface area contributed by atoms with Crippen LogP contribution in [0.2, 0.25) is 0 Å². The van der Waals surface area contributed by atoms with Gasteiger partial charge in [-0.1, -0.05) is 12.1 Å². The maximum Gasteiger partial charge on any atom is 0.381 e. The van der Waals surface area contributed by atoms with Gasteiger partial charge >= 0.3 is 5.97 Å². The lowest BCUT2D eigenvalue weighted by Crippen LogP contribution is -2.46. The van der Waals surface area contributed by atoms with E-state index in [1.165, 1.54) is 21.7 Å². The fraction of sp³-hybridized carbons (Fsp3) is 0.267. The van der Waals surface area contributed by atoms with Crippen LogP contribution in [0.25, 0.3) is 0 Å². The van der Waals surface area contributed by atoms with Crippen molar-refractivity contribution < 1.29 is 23.9 Å². The molecular formula is C15H15FN4O4. The van der Waals surface area contributed by atoms with Gasteiger partial charge in [-0.15, -0.1) is 0 Å². The monoisotopic (exact) mass is 334 g/mol.